The average molecular weight is 267 g/mol. The molecule has 0 spiro atoms. The predicted molar refractivity (Wildman–Crippen MR) is 60.5 cm³/mol. The zero-order valence-corrected chi connectivity index (χ0v) is 10.2. The maximum absolute atomic E-state index is 11.1. The highest BCUT2D eigenvalue weighted by atomic mass is 32.2. The van der Waals surface area contributed by atoms with Gasteiger partial charge in [-0.05, 0) is 0 Å². The molecule has 1 heterocycles. The van der Waals surface area contributed by atoms with E-state index in [0.29, 0.717) is 6.26 Å². The van der Waals surface area contributed by atoms with Gasteiger partial charge in [-0.3, -0.25) is 18.5 Å². The van der Waals surface area contributed by atoms with Crippen molar-refractivity contribution in [1.82, 2.24) is 9.13 Å². The highest BCUT2D eigenvalue weighted by molar-refractivity contribution is 7.85. The van der Waals surface area contributed by atoms with Crippen molar-refractivity contribution >= 4 is 15.9 Å². The van der Waals surface area contributed by atoms with Gasteiger partial charge in [-0.25, -0.2) is 4.79 Å². The Balaban J connectivity index is 0.000000437. The zero-order valence-electron chi connectivity index (χ0n) is 9.41. The number of aromatic hydroxyl groups is 1. The van der Waals surface area contributed by atoms with Gasteiger partial charge in [0.25, 0.3) is 15.7 Å². The molecule has 0 unspecified atom stereocenters. The van der Waals surface area contributed by atoms with Crippen molar-refractivity contribution in [2.45, 2.75) is 0 Å². The van der Waals surface area contributed by atoms with E-state index < -0.39 is 27.1 Å². The van der Waals surface area contributed by atoms with Gasteiger partial charge in [-0.2, -0.15) is 8.42 Å². The largest absolute Gasteiger partial charge is 0.501 e. The van der Waals surface area contributed by atoms with Gasteiger partial charge >= 0.3 is 5.69 Å². The van der Waals surface area contributed by atoms with Crippen LogP contribution in [0.3, 0.4) is 0 Å². The third kappa shape index (κ3) is 4.28. The molecule has 4 N–H and O–H groups in total. The van der Waals surface area contributed by atoms with E-state index in [1.54, 1.807) is 0 Å². The number of hydrogen-bond acceptors (Lipinski definition) is 6. The summed E-state index contributed by atoms with van der Waals surface area (Å²) in [6, 6.07) is 0. The van der Waals surface area contributed by atoms with Crippen LogP contribution in [-0.2, 0) is 24.2 Å². The molecule has 17 heavy (non-hydrogen) atoms. The summed E-state index contributed by atoms with van der Waals surface area (Å²) in [5.41, 5.74) is 3.91. The van der Waals surface area contributed by atoms with Gasteiger partial charge in [-0.15, -0.1) is 0 Å². The molecular formula is C7H13N3O6S. The van der Waals surface area contributed by atoms with Crippen molar-refractivity contribution in [3.05, 3.63) is 20.8 Å². The van der Waals surface area contributed by atoms with Crippen LogP contribution in [0.4, 0.5) is 5.82 Å². The first-order chi connectivity index (χ1) is 7.46. The predicted octanol–water partition coefficient (Wildman–Crippen LogP) is -2.12. The van der Waals surface area contributed by atoms with E-state index >= 15 is 0 Å². The summed E-state index contributed by atoms with van der Waals surface area (Å²) in [4.78, 5) is 22.1. The molecule has 0 aromatic carbocycles. The molecule has 1 aromatic heterocycles. The van der Waals surface area contributed by atoms with E-state index in [1.807, 2.05) is 0 Å². The molecule has 98 valence electrons. The quantitative estimate of drug-likeness (QED) is 0.455. The molecule has 0 saturated carbocycles. The molecule has 9 nitrogen and oxygen atoms in total. The standard InChI is InChI=1S/C6H9N3O3.CH4O3S/c1-8-4(7)3(10)5(11)9(2)6(8)12;1-5(2,3)4/h10H,7H2,1-2H3;1H3,(H,2,3,4). The van der Waals surface area contributed by atoms with Crippen molar-refractivity contribution < 1.29 is 18.1 Å². The van der Waals surface area contributed by atoms with Gasteiger partial charge in [0.15, 0.2) is 5.82 Å². The Kier molecular flexibility index (Phi) is 4.48. The molecule has 1 aromatic rings. The SMILES string of the molecule is CS(=O)(=O)O.Cn1c(N)c(O)c(=O)n(C)c1=O. The lowest BCUT2D eigenvalue weighted by Crippen LogP contribution is -2.37. The van der Waals surface area contributed by atoms with Gasteiger partial charge in [0, 0.05) is 14.1 Å². The summed E-state index contributed by atoms with van der Waals surface area (Å²) in [6.07, 6.45) is 0.715. The van der Waals surface area contributed by atoms with Gasteiger partial charge < -0.3 is 10.8 Å². The van der Waals surface area contributed by atoms with Crippen LogP contribution in [0, 0.1) is 0 Å². The lowest BCUT2D eigenvalue weighted by atomic mass is 10.5. The summed E-state index contributed by atoms with van der Waals surface area (Å²) >= 11 is 0. The Hall–Kier alpha value is -1.81. The van der Waals surface area contributed by atoms with E-state index in [1.165, 1.54) is 14.1 Å². The number of nitrogen functional groups attached to an aromatic ring is 1. The topological polar surface area (TPSA) is 145 Å². The first-order valence-electron chi connectivity index (χ1n) is 4.13. The molecule has 0 radical (unpaired) electrons. The second-order valence-corrected chi connectivity index (χ2v) is 4.64. The second-order valence-electron chi connectivity index (χ2n) is 3.17. The first kappa shape index (κ1) is 15.2. The lowest BCUT2D eigenvalue weighted by Gasteiger charge is -2.06. The number of anilines is 1. The van der Waals surface area contributed by atoms with Crippen LogP contribution >= 0.6 is 0 Å². The highest BCUT2D eigenvalue weighted by Gasteiger charge is 2.10. The Labute approximate surface area is 96.5 Å². The minimum atomic E-state index is -3.67. The van der Waals surface area contributed by atoms with E-state index in [0.717, 1.165) is 9.13 Å². The average Bonchev–Trinajstić information content (AvgIpc) is 2.18. The fourth-order valence-electron chi connectivity index (χ4n) is 0.842. The molecule has 10 heteroatoms. The number of hydrogen-bond donors (Lipinski definition) is 3. The maximum atomic E-state index is 11.1. The number of nitrogens with two attached hydrogens (primary N) is 1. The van der Waals surface area contributed by atoms with Crippen molar-refractivity contribution in [1.29, 1.82) is 0 Å². The highest BCUT2D eigenvalue weighted by Crippen LogP contribution is 2.07. The van der Waals surface area contributed by atoms with Crippen LogP contribution < -0.4 is 17.0 Å². The Morgan fingerprint density at radius 3 is 1.88 bits per heavy atom. The van der Waals surface area contributed by atoms with E-state index in [4.69, 9.17) is 15.4 Å². The fourth-order valence-corrected chi connectivity index (χ4v) is 0.842. The van der Waals surface area contributed by atoms with Gasteiger partial charge in [0.2, 0.25) is 5.75 Å². The van der Waals surface area contributed by atoms with Gasteiger partial charge in [0.1, 0.15) is 0 Å². The maximum Gasteiger partial charge on any atom is 0.332 e. The Morgan fingerprint density at radius 2 is 1.53 bits per heavy atom. The van der Waals surface area contributed by atoms with Crippen molar-refractivity contribution in [2.75, 3.05) is 12.0 Å². The third-order valence-electron chi connectivity index (χ3n) is 1.69. The summed E-state index contributed by atoms with van der Waals surface area (Å²) in [5, 5.41) is 9.07. The van der Waals surface area contributed by atoms with Crippen molar-refractivity contribution in [3.63, 3.8) is 0 Å². The number of rotatable bonds is 0. The molecule has 0 saturated heterocycles. The third-order valence-corrected chi connectivity index (χ3v) is 1.69. The minimum absolute atomic E-state index is 0.219. The zero-order chi connectivity index (χ0) is 14.0. The Bertz CT molecular complexity index is 581. The van der Waals surface area contributed by atoms with E-state index in [-0.39, 0.29) is 5.82 Å². The van der Waals surface area contributed by atoms with Crippen LogP contribution in [0.2, 0.25) is 0 Å². The minimum Gasteiger partial charge on any atom is -0.501 e. The smallest absolute Gasteiger partial charge is 0.332 e. The summed E-state index contributed by atoms with van der Waals surface area (Å²) < 4.78 is 27.6. The molecule has 0 amide bonds. The summed E-state index contributed by atoms with van der Waals surface area (Å²) in [7, 11) is -1.03. The normalized spacial score (nSPS) is 10.6. The van der Waals surface area contributed by atoms with E-state index in [9.17, 15) is 18.0 Å². The van der Waals surface area contributed by atoms with Gasteiger partial charge in [0.05, 0.1) is 6.26 Å². The summed E-state index contributed by atoms with van der Waals surface area (Å²) in [6.45, 7) is 0. The van der Waals surface area contributed by atoms with Crippen LogP contribution in [0.5, 0.6) is 5.75 Å². The molecule has 0 fully saturated rings. The molecule has 0 aliphatic rings. The van der Waals surface area contributed by atoms with E-state index in [2.05, 4.69) is 0 Å². The van der Waals surface area contributed by atoms with Crippen LogP contribution in [-0.4, -0.2) is 33.5 Å². The monoisotopic (exact) mass is 267 g/mol. The number of nitrogens with zero attached hydrogens (tertiary/aromatic N) is 2. The molecule has 0 aliphatic carbocycles. The molecule has 0 atom stereocenters. The molecular weight excluding hydrogens is 254 g/mol. The summed E-state index contributed by atoms with van der Waals surface area (Å²) in [5.74, 6) is -0.817. The van der Waals surface area contributed by atoms with Crippen LogP contribution in [0.1, 0.15) is 0 Å². The molecule has 0 bridgehead atoms. The molecule has 0 aliphatic heterocycles. The molecule has 1 rings (SSSR count). The van der Waals surface area contributed by atoms with Crippen molar-refractivity contribution in [3.8, 4) is 5.75 Å². The lowest BCUT2D eigenvalue weighted by molar-refractivity contribution is 0.451. The number of aromatic nitrogens is 2. The Morgan fingerprint density at radius 1 is 1.18 bits per heavy atom. The van der Waals surface area contributed by atoms with Crippen molar-refractivity contribution in [2.24, 2.45) is 14.1 Å². The first-order valence-corrected chi connectivity index (χ1v) is 5.98. The van der Waals surface area contributed by atoms with Crippen LogP contribution in [0.15, 0.2) is 9.59 Å². The second kappa shape index (κ2) is 5.01. The van der Waals surface area contributed by atoms with Crippen LogP contribution in [0.25, 0.3) is 0 Å². The fraction of sp³-hybridized carbons (Fsp3) is 0.429. The van der Waals surface area contributed by atoms with Gasteiger partial charge in [-0.1, -0.05) is 0 Å².